The molecule has 5 heteroatoms. The molecule has 0 N–H and O–H groups in total. The van der Waals surface area contributed by atoms with Crippen molar-refractivity contribution in [2.45, 2.75) is 10.6 Å². The third-order valence-corrected chi connectivity index (χ3v) is 3.37. The van der Waals surface area contributed by atoms with E-state index in [1.165, 1.54) is 0 Å². The molecular weight excluding hydrogens is 263 g/mol. The minimum atomic E-state index is 0.417. The number of benzene rings is 1. The summed E-state index contributed by atoms with van der Waals surface area (Å²) in [5.74, 6) is 0.770. The molecule has 82 valence electrons. The molecule has 0 spiro atoms. The van der Waals surface area contributed by atoms with Crippen molar-refractivity contribution in [1.82, 2.24) is 9.97 Å². The van der Waals surface area contributed by atoms with Crippen LogP contribution >= 0.6 is 35.0 Å². The van der Waals surface area contributed by atoms with Gasteiger partial charge in [0.1, 0.15) is 5.15 Å². The number of aromatic nitrogens is 2. The molecule has 0 amide bonds. The van der Waals surface area contributed by atoms with Gasteiger partial charge in [0.25, 0.3) is 0 Å². The van der Waals surface area contributed by atoms with Crippen LogP contribution in [0.5, 0.6) is 0 Å². The molecule has 1 heterocycles. The average molecular weight is 271 g/mol. The standard InChI is InChI=1S/C11H8Cl2N2S/c12-8-1-3-10(4-2-8)16-7-9-5-15-11(13)6-14-9/h1-6H,7H2. The van der Waals surface area contributed by atoms with E-state index in [9.17, 15) is 0 Å². The summed E-state index contributed by atoms with van der Waals surface area (Å²) < 4.78 is 0. The number of hydrogen-bond donors (Lipinski definition) is 0. The van der Waals surface area contributed by atoms with Crippen LogP contribution in [0.15, 0.2) is 41.6 Å². The number of nitrogens with zero attached hydrogens (tertiary/aromatic N) is 2. The molecule has 2 rings (SSSR count). The van der Waals surface area contributed by atoms with E-state index in [0.717, 1.165) is 21.4 Å². The zero-order chi connectivity index (χ0) is 11.4. The summed E-state index contributed by atoms with van der Waals surface area (Å²) in [6, 6.07) is 7.71. The molecule has 16 heavy (non-hydrogen) atoms. The highest BCUT2D eigenvalue weighted by atomic mass is 35.5. The monoisotopic (exact) mass is 270 g/mol. The Morgan fingerprint density at radius 1 is 1.00 bits per heavy atom. The molecule has 0 unspecified atom stereocenters. The lowest BCUT2D eigenvalue weighted by atomic mass is 10.4. The molecule has 0 radical (unpaired) electrons. The summed E-state index contributed by atoms with van der Waals surface area (Å²) in [7, 11) is 0. The summed E-state index contributed by atoms with van der Waals surface area (Å²) in [5, 5.41) is 1.16. The Labute approximate surface area is 108 Å². The van der Waals surface area contributed by atoms with Gasteiger partial charge in [0, 0.05) is 15.7 Å². The molecular formula is C11H8Cl2N2S. The second-order valence-corrected chi connectivity index (χ2v) is 4.95. The highest BCUT2D eigenvalue weighted by Crippen LogP contribution is 2.23. The summed E-state index contributed by atoms with van der Waals surface area (Å²) >= 11 is 13.1. The van der Waals surface area contributed by atoms with Crippen LogP contribution in [0.1, 0.15) is 5.69 Å². The van der Waals surface area contributed by atoms with Crippen LogP contribution < -0.4 is 0 Å². The van der Waals surface area contributed by atoms with Gasteiger partial charge in [0.2, 0.25) is 0 Å². The maximum atomic E-state index is 5.80. The van der Waals surface area contributed by atoms with Gasteiger partial charge in [-0.1, -0.05) is 23.2 Å². The van der Waals surface area contributed by atoms with E-state index >= 15 is 0 Å². The van der Waals surface area contributed by atoms with Crippen molar-refractivity contribution in [2.75, 3.05) is 0 Å². The first-order valence-corrected chi connectivity index (χ1v) is 6.33. The van der Waals surface area contributed by atoms with Crippen LogP contribution in [0.25, 0.3) is 0 Å². The van der Waals surface area contributed by atoms with Crippen LogP contribution in [0.3, 0.4) is 0 Å². The number of thioether (sulfide) groups is 1. The van der Waals surface area contributed by atoms with Crippen molar-refractivity contribution >= 4 is 35.0 Å². The summed E-state index contributed by atoms with van der Waals surface area (Å²) in [6.45, 7) is 0. The van der Waals surface area contributed by atoms with E-state index in [1.54, 1.807) is 24.2 Å². The van der Waals surface area contributed by atoms with Crippen molar-refractivity contribution < 1.29 is 0 Å². The third-order valence-electron chi connectivity index (χ3n) is 1.87. The predicted molar refractivity (Wildman–Crippen MR) is 68.1 cm³/mol. The zero-order valence-corrected chi connectivity index (χ0v) is 10.6. The predicted octanol–water partition coefficient (Wildman–Crippen LogP) is 4.08. The van der Waals surface area contributed by atoms with Gasteiger partial charge in [0.05, 0.1) is 18.1 Å². The lowest BCUT2D eigenvalue weighted by Crippen LogP contribution is -1.88. The molecule has 0 fully saturated rings. The van der Waals surface area contributed by atoms with Crippen molar-refractivity contribution in [2.24, 2.45) is 0 Å². The van der Waals surface area contributed by atoms with Crippen molar-refractivity contribution in [1.29, 1.82) is 0 Å². The van der Waals surface area contributed by atoms with Crippen LogP contribution in [-0.2, 0) is 5.75 Å². The Bertz CT molecular complexity index is 411. The van der Waals surface area contributed by atoms with Gasteiger partial charge < -0.3 is 0 Å². The van der Waals surface area contributed by atoms with E-state index in [0.29, 0.717) is 5.15 Å². The fraction of sp³-hybridized carbons (Fsp3) is 0.0909. The average Bonchev–Trinajstić information content (AvgIpc) is 2.30. The maximum absolute atomic E-state index is 5.80. The minimum Gasteiger partial charge on any atom is -0.256 e. The minimum absolute atomic E-state index is 0.417. The van der Waals surface area contributed by atoms with Gasteiger partial charge in [-0.15, -0.1) is 11.8 Å². The van der Waals surface area contributed by atoms with E-state index in [2.05, 4.69) is 9.97 Å². The van der Waals surface area contributed by atoms with E-state index < -0.39 is 0 Å². The number of hydrogen-bond acceptors (Lipinski definition) is 3. The molecule has 0 saturated carbocycles. The highest BCUT2D eigenvalue weighted by Gasteiger charge is 1.98. The van der Waals surface area contributed by atoms with Crippen LogP contribution in [-0.4, -0.2) is 9.97 Å². The lowest BCUT2D eigenvalue weighted by molar-refractivity contribution is 1.10. The normalized spacial score (nSPS) is 10.4. The SMILES string of the molecule is Clc1ccc(SCc2cnc(Cl)cn2)cc1. The fourth-order valence-corrected chi connectivity index (χ4v) is 2.12. The Morgan fingerprint density at radius 3 is 2.38 bits per heavy atom. The Hall–Kier alpha value is -0.770. The van der Waals surface area contributed by atoms with Crippen molar-refractivity contribution in [3.63, 3.8) is 0 Å². The third kappa shape index (κ3) is 3.37. The Balaban J connectivity index is 1.97. The summed E-state index contributed by atoms with van der Waals surface area (Å²) in [6.07, 6.45) is 3.24. The van der Waals surface area contributed by atoms with Crippen LogP contribution in [0.2, 0.25) is 10.2 Å². The second-order valence-electron chi connectivity index (χ2n) is 3.07. The van der Waals surface area contributed by atoms with Gasteiger partial charge in [0.15, 0.2) is 0 Å². The van der Waals surface area contributed by atoms with Gasteiger partial charge in [-0.3, -0.25) is 4.98 Å². The summed E-state index contributed by atoms with van der Waals surface area (Å²) in [5.41, 5.74) is 0.907. The molecule has 0 saturated heterocycles. The molecule has 1 aromatic heterocycles. The molecule has 2 nitrogen and oxygen atoms in total. The fourth-order valence-electron chi connectivity index (χ4n) is 1.10. The zero-order valence-electron chi connectivity index (χ0n) is 8.23. The molecule has 0 aliphatic carbocycles. The lowest BCUT2D eigenvalue weighted by Gasteiger charge is -2.01. The first-order chi connectivity index (χ1) is 7.74. The van der Waals surface area contributed by atoms with Gasteiger partial charge in [-0.2, -0.15) is 0 Å². The topological polar surface area (TPSA) is 25.8 Å². The Morgan fingerprint density at radius 2 is 1.75 bits per heavy atom. The maximum Gasteiger partial charge on any atom is 0.147 e. The van der Waals surface area contributed by atoms with Crippen LogP contribution in [0.4, 0.5) is 0 Å². The van der Waals surface area contributed by atoms with Crippen LogP contribution in [0, 0.1) is 0 Å². The first-order valence-electron chi connectivity index (χ1n) is 4.59. The molecule has 2 aromatic rings. The van der Waals surface area contributed by atoms with Gasteiger partial charge >= 0.3 is 0 Å². The molecule has 0 atom stereocenters. The smallest absolute Gasteiger partial charge is 0.147 e. The van der Waals surface area contributed by atoms with Gasteiger partial charge in [-0.25, -0.2) is 4.98 Å². The highest BCUT2D eigenvalue weighted by molar-refractivity contribution is 7.98. The molecule has 1 aromatic carbocycles. The molecule has 0 aliphatic rings. The Kier molecular flexibility index (Phi) is 4.04. The summed E-state index contributed by atoms with van der Waals surface area (Å²) in [4.78, 5) is 9.30. The van der Waals surface area contributed by atoms with Crippen molar-refractivity contribution in [3.8, 4) is 0 Å². The van der Waals surface area contributed by atoms with Gasteiger partial charge in [-0.05, 0) is 24.3 Å². The number of rotatable bonds is 3. The quantitative estimate of drug-likeness (QED) is 0.787. The second kappa shape index (κ2) is 5.53. The van der Waals surface area contributed by atoms with E-state index in [-0.39, 0.29) is 0 Å². The van der Waals surface area contributed by atoms with E-state index in [4.69, 9.17) is 23.2 Å². The molecule has 0 aliphatic heterocycles. The first kappa shape index (κ1) is 11.7. The number of halogens is 2. The largest absolute Gasteiger partial charge is 0.256 e. The van der Waals surface area contributed by atoms with Crippen molar-refractivity contribution in [3.05, 3.63) is 52.5 Å². The van der Waals surface area contributed by atoms with E-state index in [1.807, 2.05) is 24.3 Å². The molecule has 0 bridgehead atoms.